The van der Waals surface area contributed by atoms with Crippen molar-refractivity contribution in [3.05, 3.63) is 52.9 Å². The smallest absolute Gasteiger partial charge is 0.290 e. The van der Waals surface area contributed by atoms with Crippen LogP contribution in [0, 0.1) is 24.7 Å². The van der Waals surface area contributed by atoms with E-state index in [0.717, 1.165) is 53.8 Å². The fourth-order valence-corrected chi connectivity index (χ4v) is 6.04. The summed E-state index contributed by atoms with van der Waals surface area (Å²) in [5.74, 6) is 2.63. The van der Waals surface area contributed by atoms with Crippen LogP contribution in [-0.4, -0.2) is 16.6 Å². The van der Waals surface area contributed by atoms with Crippen molar-refractivity contribution in [2.24, 2.45) is 17.8 Å². The van der Waals surface area contributed by atoms with E-state index < -0.39 is 0 Å². The number of carbonyl (C=O) groups excluding carboxylic acids is 1. The lowest BCUT2D eigenvalue weighted by atomic mass is 9.53. The van der Waals surface area contributed by atoms with Gasteiger partial charge in [0.1, 0.15) is 0 Å². The molecule has 0 spiro atoms. The van der Waals surface area contributed by atoms with Gasteiger partial charge in [-0.05, 0) is 74.8 Å². The average Bonchev–Trinajstić information content (AvgIpc) is 3.00. The van der Waals surface area contributed by atoms with E-state index in [4.69, 9.17) is 4.52 Å². The van der Waals surface area contributed by atoms with E-state index in [1.807, 2.05) is 49.4 Å². The molecule has 0 saturated heterocycles. The Bertz CT molecular complexity index is 846. The van der Waals surface area contributed by atoms with Crippen molar-refractivity contribution in [2.75, 3.05) is 0 Å². The number of hydrogen-bond acceptors (Lipinski definition) is 3. The highest BCUT2D eigenvalue weighted by atomic mass is 16.5. The van der Waals surface area contributed by atoms with Gasteiger partial charge in [0.05, 0.1) is 11.3 Å². The van der Waals surface area contributed by atoms with Gasteiger partial charge < -0.3 is 9.84 Å². The Hall–Kier alpha value is -2.36. The molecule has 4 heteroatoms. The zero-order chi connectivity index (χ0) is 18.4. The van der Waals surface area contributed by atoms with Crippen LogP contribution in [-0.2, 0) is 0 Å². The van der Waals surface area contributed by atoms with E-state index >= 15 is 0 Å². The Morgan fingerprint density at radius 3 is 2.33 bits per heavy atom. The molecule has 4 nitrogen and oxygen atoms in total. The molecule has 4 aliphatic carbocycles. The van der Waals surface area contributed by atoms with Gasteiger partial charge in [-0.1, -0.05) is 41.6 Å². The molecular formula is C23H26N2O2. The Morgan fingerprint density at radius 1 is 1.07 bits per heavy atom. The van der Waals surface area contributed by atoms with Crippen molar-refractivity contribution >= 4 is 18.1 Å². The summed E-state index contributed by atoms with van der Waals surface area (Å²) in [5, 5.41) is 7.44. The van der Waals surface area contributed by atoms with Crippen molar-refractivity contribution in [1.82, 2.24) is 10.5 Å². The first-order chi connectivity index (χ1) is 13.1. The van der Waals surface area contributed by atoms with Gasteiger partial charge in [0.15, 0.2) is 0 Å². The quantitative estimate of drug-likeness (QED) is 0.846. The third-order valence-electron chi connectivity index (χ3n) is 6.77. The van der Waals surface area contributed by atoms with Gasteiger partial charge in [-0.25, -0.2) is 0 Å². The molecule has 0 radical (unpaired) electrons. The molecule has 4 fully saturated rings. The number of aryl methyl sites for hydroxylation is 1. The molecule has 0 atom stereocenters. The molecule has 1 aromatic carbocycles. The summed E-state index contributed by atoms with van der Waals surface area (Å²) in [5.41, 5.74) is 2.59. The molecule has 140 valence electrons. The highest BCUT2D eigenvalue weighted by Gasteiger charge is 2.51. The van der Waals surface area contributed by atoms with E-state index in [0.29, 0.717) is 5.76 Å². The fraction of sp³-hybridized carbons (Fsp3) is 0.478. The van der Waals surface area contributed by atoms with Gasteiger partial charge in [0, 0.05) is 5.54 Å². The molecule has 0 unspecified atom stereocenters. The van der Waals surface area contributed by atoms with Gasteiger partial charge in [-0.3, -0.25) is 4.79 Å². The lowest BCUT2D eigenvalue weighted by molar-refractivity contribution is -0.0172. The van der Waals surface area contributed by atoms with Gasteiger partial charge in [0.25, 0.3) is 5.91 Å². The number of carbonyl (C=O) groups is 1. The lowest BCUT2D eigenvalue weighted by Crippen LogP contribution is -2.59. The van der Waals surface area contributed by atoms with Crippen LogP contribution in [0.5, 0.6) is 0 Å². The second-order valence-corrected chi connectivity index (χ2v) is 8.91. The lowest BCUT2D eigenvalue weighted by Gasteiger charge is -2.56. The molecule has 0 aliphatic heterocycles. The monoisotopic (exact) mass is 362 g/mol. The Labute approximate surface area is 160 Å². The van der Waals surface area contributed by atoms with E-state index in [-0.39, 0.29) is 11.4 Å². The third-order valence-corrected chi connectivity index (χ3v) is 6.77. The summed E-state index contributed by atoms with van der Waals surface area (Å²) >= 11 is 0. The fourth-order valence-electron chi connectivity index (χ4n) is 6.04. The maximum absolute atomic E-state index is 13.1. The van der Waals surface area contributed by atoms with Crippen molar-refractivity contribution in [1.29, 1.82) is 0 Å². The summed E-state index contributed by atoms with van der Waals surface area (Å²) in [7, 11) is 0. The van der Waals surface area contributed by atoms with Gasteiger partial charge >= 0.3 is 0 Å². The van der Waals surface area contributed by atoms with Crippen LogP contribution in [0.2, 0.25) is 0 Å². The topological polar surface area (TPSA) is 55.1 Å². The molecule has 2 aromatic rings. The van der Waals surface area contributed by atoms with E-state index in [9.17, 15) is 4.79 Å². The second-order valence-electron chi connectivity index (χ2n) is 8.91. The number of amides is 1. The zero-order valence-corrected chi connectivity index (χ0v) is 15.8. The summed E-state index contributed by atoms with van der Waals surface area (Å²) < 4.78 is 5.45. The van der Waals surface area contributed by atoms with Crippen LogP contribution >= 0.6 is 0 Å². The Morgan fingerprint density at radius 2 is 1.70 bits per heavy atom. The standard InChI is InChI=1S/C23H26N2O2/c1-15-20(8-7-16-5-3-2-4-6-16)21(27-25-15)22(26)24-23-12-17-9-18(13-23)11-19(10-17)14-23/h2-8,17-19H,9-14H2,1H3,(H,24,26). The van der Waals surface area contributed by atoms with Crippen molar-refractivity contribution in [2.45, 2.75) is 51.0 Å². The maximum Gasteiger partial charge on any atom is 0.290 e. The highest BCUT2D eigenvalue weighted by molar-refractivity contribution is 5.96. The summed E-state index contributed by atoms with van der Waals surface area (Å²) in [4.78, 5) is 13.1. The van der Waals surface area contributed by atoms with Gasteiger partial charge in [-0.15, -0.1) is 0 Å². The molecule has 4 bridgehead atoms. The molecule has 4 saturated carbocycles. The van der Waals surface area contributed by atoms with Crippen LogP contribution in [0.1, 0.15) is 65.9 Å². The van der Waals surface area contributed by atoms with E-state index in [1.54, 1.807) is 0 Å². The predicted octanol–water partition coefficient (Wildman–Crippen LogP) is 4.85. The number of nitrogens with one attached hydrogen (secondary N) is 1. The molecule has 4 aliphatic rings. The molecule has 6 rings (SSSR count). The molecule has 1 N–H and O–H groups in total. The van der Waals surface area contributed by atoms with Gasteiger partial charge in [-0.2, -0.15) is 0 Å². The maximum atomic E-state index is 13.1. The minimum atomic E-state index is -0.106. The minimum Gasteiger partial charge on any atom is -0.350 e. The average molecular weight is 362 g/mol. The summed E-state index contributed by atoms with van der Waals surface area (Å²) in [6.07, 6.45) is 11.4. The molecular weight excluding hydrogens is 336 g/mol. The van der Waals surface area contributed by atoms with Crippen LogP contribution in [0.4, 0.5) is 0 Å². The number of benzene rings is 1. The first-order valence-electron chi connectivity index (χ1n) is 10.1. The number of hydrogen-bond donors (Lipinski definition) is 1. The van der Waals surface area contributed by atoms with E-state index in [2.05, 4.69) is 10.5 Å². The summed E-state index contributed by atoms with van der Waals surface area (Å²) in [6, 6.07) is 10.1. The number of rotatable bonds is 4. The number of aromatic nitrogens is 1. The minimum absolute atomic E-state index is 0.0209. The van der Waals surface area contributed by atoms with Crippen molar-refractivity contribution < 1.29 is 9.32 Å². The van der Waals surface area contributed by atoms with Crippen LogP contribution in [0.15, 0.2) is 34.9 Å². The van der Waals surface area contributed by atoms with Gasteiger partial charge in [0.2, 0.25) is 5.76 Å². The van der Waals surface area contributed by atoms with Crippen LogP contribution < -0.4 is 5.32 Å². The molecule has 27 heavy (non-hydrogen) atoms. The molecule has 1 amide bonds. The zero-order valence-electron chi connectivity index (χ0n) is 15.8. The van der Waals surface area contributed by atoms with Crippen LogP contribution in [0.3, 0.4) is 0 Å². The normalized spacial score (nSPS) is 31.5. The van der Waals surface area contributed by atoms with Crippen molar-refractivity contribution in [3.8, 4) is 0 Å². The molecule has 1 heterocycles. The number of nitrogens with zero attached hydrogens (tertiary/aromatic N) is 1. The Kier molecular flexibility index (Phi) is 3.96. The van der Waals surface area contributed by atoms with Crippen molar-refractivity contribution in [3.63, 3.8) is 0 Å². The van der Waals surface area contributed by atoms with E-state index in [1.165, 1.54) is 19.3 Å². The highest BCUT2D eigenvalue weighted by Crippen LogP contribution is 2.55. The first-order valence-corrected chi connectivity index (χ1v) is 10.1. The Balaban J connectivity index is 1.38. The second kappa shape index (κ2) is 6.36. The molecule has 1 aromatic heterocycles. The third kappa shape index (κ3) is 3.11. The predicted molar refractivity (Wildman–Crippen MR) is 105 cm³/mol. The SMILES string of the molecule is Cc1noc(C(=O)NC23CC4CC(CC(C4)C2)C3)c1C=Cc1ccccc1. The largest absolute Gasteiger partial charge is 0.350 e. The summed E-state index contributed by atoms with van der Waals surface area (Å²) in [6.45, 7) is 1.88. The van der Waals surface area contributed by atoms with Crippen LogP contribution in [0.25, 0.3) is 12.2 Å². The first kappa shape index (κ1) is 16.8.